The number of hydrogen-bond donors (Lipinski definition) is 0. The minimum Gasteiger partial charge on any atom is -0.437 e. The third-order valence-corrected chi connectivity index (χ3v) is 2.47. The maximum Gasteiger partial charge on any atom is 0.233 e. The number of nitrogens with zero attached hydrogens (tertiary/aromatic N) is 2. The first-order chi connectivity index (χ1) is 8.34. The lowest BCUT2D eigenvalue weighted by Gasteiger charge is -2.01. The molecule has 17 heavy (non-hydrogen) atoms. The van der Waals surface area contributed by atoms with E-state index in [1.807, 2.05) is 30.3 Å². The molecule has 3 aromatic rings. The third kappa shape index (κ3) is 1.69. The Morgan fingerprint density at radius 2 is 1.94 bits per heavy atom. The van der Waals surface area contributed by atoms with E-state index >= 15 is 0 Å². The molecule has 2 heterocycles. The molecule has 0 atom stereocenters. The van der Waals surface area contributed by atoms with Crippen LogP contribution in [0, 0.1) is 0 Å². The fourth-order valence-electron chi connectivity index (χ4n) is 1.64. The van der Waals surface area contributed by atoms with Gasteiger partial charge in [-0.25, -0.2) is 9.97 Å². The average Bonchev–Trinajstić information content (AvgIpc) is 2.40. The number of hydrogen-bond acceptors (Lipinski definition) is 4. The minimum atomic E-state index is -0.134. The van der Waals surface area contributed by atoms with Crippen LogP contribution in [0.1, 0.15) is 0 Å². The summed E-state index contributed by atoms with van der Waals surface area (Å²) in [5.41, 5.74) is 1.03. The van der Waals surface area contributed by atoms with Crippen LogP contribution in [0.15, 0.2) is 58.1 Å². The second-order valence-electron chi connectivity index (χ2n) is 3.58. The zero-order valence-corrected chi connectivity index (χ0v) is 8.83. The molecule has 0 N–H and O–H groups in total. The minimum absolute atomic E-state index is 0.134. The first-order valence-electron chi connectivity index (χ1n) is 5.14. The van der Waals surface area contributed by atoms with Crippen molar-refractivity contribution in [3.63, 3.8) is 0 Å². The summed E-state index contributed by atoms with van der Waals surface area (Å²) in [6.45, 7) is 0. The predicted molar refractivity (Wildman–Crippen MR) is 63.5 cm³/mol. The molecule has 0 bridgehead atoms. The SMILES string of the molecule is O=c1cc(-c2ccccc2)oc2ncncc12. The highest BCUT2D eigenvalue weighted by Gasteiger charge is 2.06. The van der Waals surface area contributed by atoms with Gasteiger partial charge in [0.1, 0.15) is 17.5 Å². The largest absolute Gasteiger partial charge is 0.437 e. The average molecular weight is 224 g/mol. The van der Waals surface area contributed by atoms with E-state index < -0.39 is 0 Å². The molecule has 0 saturated carbocycles. The van der Waals surface area contributed by atoms with Crippen LogP contribution in [-0.2, 0) is 0 Å². The highest BCUT2D eigenvalue weighted by Crippen LogP contribution is 2.19. The molecule has 2 aromatic heterocycles. The summed E-state index contributed by atoms with van der Waals surface area (Å²) in [5.74, 6) is 0.516. The van der Waals surface area contributed by atoms with Gasteiger partial charge >= 0.3 is 0 Å². The molecule has 0 aliphatic rings. The van der Waals surface area contributed by atoms with Crippen molar-refractivity contribution in [3.8, 4) is 11.3 Å². The molecule has 0 aliphatic heterocycles. The number of aromatic nitrogens is 2. The van der Waals surface area contributed by atoms with Gasteiger partial charge in [0.2, 0.25) is 5.71 Å². The molecule has 0 spiro atoms. The Labute approximate surface area is 96.6 Å². The molecule has 1 aromatic carbocycles. The molecule has 0 amide bonds. The molecule has 0 fully saturated rings. The zero-order chi connectivity index (χ0) is 11.7. The van der Waals surface area contributed by atoms with Crippen LogP contribution in [0.4, 0.5) is 0 Å². The molecule has 4 nitrogen and oxygen atoms in total. The Kier molecular flexibility index (Phi) is 2.19. The molecule has 0 aliphatic carbocycles. The van der Waals surface area contributed by atoms with Gasteiger partial charge in [-0.2, -0.15) is 0 Å². The monoisotopic (exact) mass is 224 g/mol. The zero-order valence-electron chi connectivity index (χ0n) is 8.83. The fourth-order valence-corrected chi connectivity index (χ4v) is 1.64. The number of benzene rings is 1. The van der Waals surface area contributed by atoms with Crippen LogP contribution in [0.25, 0.3) is 22.4 Å². The van der Waals surface area contributed by atoms with Crippen molar-refractivity contribution in [1.29, 1.82) is 0 Å². The molecule has 4 heteroatoms. The van der Waals surface area contributed by atoms with E-state index in [4.69, 9.17) is 4.42 Å². The van der Waals surface area contributed by atoms with Crippen molar-refractivity contribution in [3.05, 3.63) is 59.1 Å². The van der Waals surface area contributed by atoms with Crippen LogP contribution in [-0.4, -0.2) is 9.97 Å². The third-order valence-electron chi connectivity index (χ3n) is 2.47. The molecular weight excluding hydrogens is 216 g/mol. The van der Waals surface area contributed by atoms with E-state index in [1.165, 1.54) is 18.6 Å². The van der Waals surface area contributed by atoms with E-state index in [9.17, 15) is 4.79 Å². The summed E-state index contributed by atoms with van der Waals surface area (Å²) < 4.78 is 5.58. The standard InChI is InChI=1S/C13H8N2O2/c16-11-6-12(9-4-2-1-3-5-9)17-13-10(11)7-14-8-15-13/h1-8H. The summed E-state index contributed by atoms with van der Waals surface area (Å²) in [6.07, 6.45) is 2.82. The Morgan fingerprint density at radius 3 is 2.76 bits per heavy atom. The molecular formula is C13H8N2O2. The van der Waals surface area contributed by atoms with Gasteiger partial charge < -0.3 is 4.42 Å². The number of fused-ring (bicyclic) bond motifs is 1. The summed E-state index contributed by atoms with van der Waals surface area (Å²) in [7, 11) is 0. The first kappa shape index (κ1) is 9.72. The molecule has 0 radical (unpaired) electrons. The van der Waals surface area contributed by atoms with Gasteiger partial charge in [0.15, 0.2) is 5.43 Å². The maximum atomic E-state index is 11.8. The van der Waals surface area contributed by atoms with Crippen molar-refractivity contribution in [2.45, 2.75) is 0 Å². The highest BCUT2D eigenvalue weighted by atomic mass is 16.3. The highest BCUT2D eigenvalue weighted by molar-refractivity contribution is 5.73. The van der Waals surface area contributed by atoms with Crippen LogP contribution < -0.4 is 5.43 Å². The maximum absolute atomic E-state index is 11.8. The van der Waals surface area contributed by atoms with Gasteiger partial charge in [0.25, 0.3) is 0 Å². The van der Waals surface area contributed by atoms with Gasteiger partial charge in [-0.1, -0.05) is 30.3 Å². The van der Waals surface area contributed by atoms with Gasteiger partial charge in [0.05, 0.1) is 0 Å². The summed E-state index contributed by atoms with van der Waals surface area (Å²) in [5, 5.41) is 0.396. The van der Waals surface area contributed by atoms with Gasteiger partial charge in [-0.3, -0.25) is 4.79 Å². The fraction of sp³-hybridized carbons (Fsp3) is 0. The summed E-state index contributed by atoms with van der Waals surface area (Å²) >= 11 is 0. The Morgan fingerprint density at radius 1 is 1.12 bits per heavy atom. The summed E-state index contributed by atoms with van der Waals surface area (Å²) in [4.78, 5) is 19.6. The van der Waals surface area contributed by atoms with Crippen molar-refractivity contribution in [2.24, 2.45) is 0 Å². The molecule has 3 rings (SSSR count). The number of rotatable bonds is 1. The van der Waals surface area contributed by atoms with E-state index in [-0.39, 0.29) is 5.43 Å². The lowest BCUT2D eigenvalue weighted by atomic mass is 10.1. The van der Waals surface area contributed by atoms with Gasteiger partial charge in [0, 0.05) is 17.8 Å². The van der Waals surface area contributed by atoms with Crippen molar-refractivity contribution in [1.82, 2.24) is 9.97 Å². The quantitative estimate of drug-likeness (QED) is 0.636. The van der Waals surface area contributed by atoms with Gasteiger partial charge in [-0.05, 0) is 0 Å². The van der Waals surface area contributed by atoms with E-state index in [2.05, 4.69) is 9.97 Å². The molecule has 0 unspecified atom stereocenters. The van der Waals surface area contributed by atoms with Crippen LogP contribution in [0.2, 0.25) is 0 Å². The van der Waals surface area contributed by atoms with E-state index in [1.54, 1.807) is 0 Å². The lowest BCUT2D eigenvalue weighted by Crippen LogP contribution is -2.01. The van der Waals surface area contributed by atoms with Crippen molar-refractivity contribution < 1.29 is 4.42 Å². The Balaban J connectivity index is 2.30. The van der Waals surface area contributed by atoms with Crippen molar-refractivity contribution in [2.75, 3.05) is 0 Å². The molecule has 82 valence electrons. The Hall–Kier alpha value is -2.49. The van der Waals surface area contributed by atoms with Crippen LogP contribution >= 0.6 is 0 Å². The van der Waals surface area contributed by atoms with E-state index in [0.717, 1.165) is 5.56 Å². The second kappa shape index (κ2) is 3.83. The smallest absolute Gasteiger partial charge is 0.233 e. The van der Waals surface area contributed by atoms with Crippen molar-refractivity contribution >= 4 is 11.1 Å². The lowest BCUT2D eigenvalue weighted by molar-refractivity contribution is 0.604. The summed E-state index contributed by atoms with van der Waals surface area (Å²) in [6, 6.07) is 10.9. The normalized spacial score (nSPS) is 10.6. The topological polar surface area (TPSA) is 56.0 Å². The Bertz CT molecular complexity index is 720. The molecule has 0 saturated heterocycles. The second-order valence-corrected chi connectivity index (χ2v) is 3.58. The predicted octanol–water partition coefficient (Wildman–Crippen LogP) is 2.25. The van der Waals surface area contributed by atoms with E-state index in [0.29, 0.717) is 16.9 Å². The van der Waals surface area contributed by atoms with Gasteiger partial charge in [-0.15, -0.1) is 0 Å². The van der Waals surface area contributed by atoms with Crippen LogP contribution in [0.5, 0.6) is 0 Å². The first-order valence-corrected chi connectivity index (χ1v) is 5.14. The van der Waals surface area contributed by atoms with Crippen LogP contribution in [0.3, 0.4) is 0 Å².